The minimum atomic E-state index is 0.692. The number of nitrogens with zero attached hydrogens (tertiary/aromatic N) is 3. The third kappa shape index (κ3) is 2.15. The fourth-order valence-corrected chi connectivity index (χ4v) is 2.58. The van der Waals surface area contributed by atoms with Gasteiger partial charge in [-0.15, -0.1) is 0 Å². The molecule has 1 aromatic heterocycles. The minimum Gasteiger partial charge on any atom is -0.306 e. The molecule has 1 aliphatic rings. The first-order valence-corrected chi connectivity index (χ1v) is 6.22. The van der Waals surface area contributed by atoms with E-state index >= 15 is 0 Å². The number of likely N-dealkylation sites (tertiary alicyclic amines) is 1. The van der Waals surface area contributed by atoms with E-state index in [1.165, 1.54) is 31.5 Å². The molecule has 0 unspecified atom stereocenters. The Labute approximate surface area is 101 Å². The molecule has 3 rings (SSSR count). The van der Waals surface area contributed by atoms with Crippen molar-refractivity contribution in [3.05, 3.63) is 36.2 Å². The lowest BCUT2D eigenvalue weighted by molar-refractivity contribution is 0.255. The Balaban J connectivity index is 1.90. The molecule has 0 saturated carbocycles. The second-order valence-electron chi connectivity index (χ2n) is 4.88. The number of aromatic nitrogens is 2. The van der Waals surface area contributed by atoms with E-state index in [1.54, 1.807) is 12.4 Å². The lowest BCUT2D eigenvalue weighted by Crippen LogP contribution is -2.29. The third-order valence-electron chi connectivity index (χ3n) is 3.68. The van der Waals surface area contributed by atoms with Gasteiger partial charge in [0, 0.05) is 12.4 Å². The minimum absolute atomic E-state index is 0.692. The van der Waals surface area contributed by atoms with Crippen molar-refractivity contribution in [2.24, 2.45) is 0 Å². The molecule has 1 aromatic carbocycles. The van der Waals surface area contributed by atoms with Crippen LogP contribution in [-0.4, -0.2) is 35.0 Å². The van der Waals surface area contributed by atoms with Crippen molar-refractivity contribution in [1.82, 2.24) is 14.9 Å². The summed E-state index contributed by atoms with van der Waals surface area (Å²) >= 11 is 0. The Hall–Kier alpha value is -1.48. The van der Waals surface area contributed by atoms with Gasteiger partial charge in [-0.1, -0.05) is 6.07 Å². The molecule has 0 atom stereocenters. The summed E-state index contributed by atoms with van der Waals surface area (Å²) in [7, 11) is 2.20. The van der Waals surface area contributed by atoms with Crippen molar-refractivity contribution in [2.75, 3.05) is 20.1 Å². The maximum atomic E-state index is 4.38. The highest BCUT2D eigenvalue weighted by atomic mass is 15.1. The molecule has 0 spiro atoms. The van der Waals surface area contributed by atoms with E-state index in [0.717, 1.165) is 11.0 Å². The molecule has 88 valence electrons. The summed E-state index contributed by atoms with van der Waals surface area (Å²) in [5.74, 6) is 0.692. The largest absolute Gasteiger partial charge is 0.306 e. The van der Waals surface area contributed by atoms with E-state index in [4.69, 9.17) is 0 Å². The van der Waals surface area contributed by atoms with Crippen molar-refractivity contribution >= 4 is 11.0 Å². The number of piperidine rings is 1. The molecule has 3 heteroatoms. The topological polar surface area (TPSA) is 29.0 Å². The number of fused-ring (bicyclic) bond motifs is 1. The van der Waals surface area contributed by atoms with Crippen LogP contribution in [0.3, 0.4) is 0 Å². The zero-order valence-corrected chi connectivity index (χ0v) is 10.1. The van der Waals surface area contributed by atoms with E-state index in [9.17, 15) is 0 Å². The molecule has 0 radical (unpaired) electrons. The highest BCUT2D eigenvalue weighted by molar-refractivity contribution is 5.74. The van der Waals surface area contributed by atoms with Crippen LogP contribution in [0, 0.1) is 0 Å². The summed E-state index contributed by atoms with van der Waals surface area (Å²) in [6.45, 7) is 2.40. The van der Waals surface area contributed by atoms with E-state index < -0.39 is 0 Å². The van der Waals surface area contributed by atoms with E-state index in [-0.39, 0.29) is 0 Å². The lowest BCUT2D eigenvalue weighted by Gasteiger charge is -2.29. The normalized spacial score (nSPS) is 18.6. The summed E-state index contributed by atoms with van der Waals surface area (Å²) in [6, 6.07) is 6.52. The molecule has 1 fully saturated rings. The van der Waals surface area contributed by atoms with E-state index in [1.807, 2.05) is 0 Å². The molecule has 2 heterocycles. The van der Waals surface area contributed by atoms with Crippen LogP contribution in [0.4, 0.5) is 0 Å². The molecule has 0 bridgehead atoms. The Morgan fingerprint density at radius 3 is 2.53 bits per heavy atom. The fraction of sp³-hybridized carbons (Fsp3) is 0.429. The van der Waals surface area contributed by atoms with Crippen LogP contribution in [0.2, 0.25) is 0 Å². The number of hydrogen-bond donors (Lipinski definition) is 0. The van der Waals surface area contributed by atoms with Gasteiger partial charge in [0.05, 0.1) is 11.0 Å². The van der Waals surface area contributed by atoms with Crippen molar-refractivity contribution in [1.29, 1.82) is 0 Å². The smallest absolute Gasteiger partial charge is 0.0889 e. The first-order valence-electron chi connectivity index (χ1n) is 6.22. The number of benzene rings is 1. The van der Waals surface area contributed by atoms with Crippen LogP contribution < -0.4 is 0 Å². The molecular formula is C14H17N3. The average molecular weight is 227 g/mol. The van der Waals surface area contributed by atoms with Crippen molar-refractivity contribution < 1.29 is 0 Å². The van der Waals surface area contributed by atoms with Crippen LogP contribution >= 0.6 is 0 Å². The third-order valence-corrected chi connectivity index (χ3v) is 3.68. The monoisotopic (exact) mass is 227 g/mol. The van der Waals surface area contributed by atoms with Crippen LogP contribution in [0.1, 0.15) is 24.3 Å². The highest BCUT2D eigenvalue weighted by Crippen LogP contribution is 2.28. The Morgan fingerprint density at radius 1 is 1.06 bits per heavy atom. The van der Waals surface area contributed by atoms with Gasteiger partial charge < -0.3 is 4.90 Å². The maximum Gasteiger partial charge on any atom is 0.0889 e. The quantitative estimate of drug-likeness (QED) is 0.749. The average Bonchev–Trinajstić information content (AvgIpc) is 2.39. The van der Waals surface area contributed by atoms with Gasteiger partial charge in [0.2, 0.25) is 0 Å². The Kier molecular flexibility index (Phi) is 2.77. The predicted octanol–water partition coefficient (Wildman–Crippen LogP) is 2.44. The second kappa shape index (κ2) is 4.41. The molecule has 17 heavy (non-hydrogen) atoms. The van der Waals surface area contributed by atoms with Gasteiger partial charge in [0.15, 0.2) is 0 Å². The van der Waals surface area contributed by atoms with Gasteiger partial charge >= 0.3 is 0 Å². The molecule has 3 nitrogen and oxygen atoms in total. The first kappa shape index (κ1) is 10.7. The second-order valence-corrected chi connectivity index (χ2v) is 4.88. The van der Waals surface area contributed by atoms with Gasteiger partial charge in [-0.2, -0.15) is 0 Å². The number of hydrogen-bond acceptors (Lipinski definition) is 3. The Bertz CT molecular complexity index is 516. The molecule has 0 N–H and O–H groups in total. The highest BCUT2D eigenvalue weighted by Gasteiger charge is 2.18. The van der Waals surface area contributed by atoms with Gasteiger partial charge in [0.1, 0.15) is 0 Å². The zero-order chi connectivity index (χ0) is 11.7. The fourth-order valence-electron chi connectivity index (χ4n) is 2.58. The van der Waals surface area contributed by atoms with Gasteiger partial charge in [-0.25, -0.2) is 0 Å². The molecule has 1 saturated heterocycles. The summed E-state index contributed by atoms with van der Waals surface area (Å²) in [6.07, 6.45) is 6.02. The molecular weight excluding hydrogens is 210 g/mol. The Morgan fingerprint density at radius 2 is 1.76 bits per heavy atom. The zero-order valence-electron chi connectivity index (χ0n) is 10.1. The maximum absolute atomic E-state index is 4.38. The van der Waals surface area contributed by atoms with Crippen LogP contribution in [0.25, 0.3) is 11.0 Å². The summed E-state index contributed by atoms with van der Waals surface area (Å²) in [5.41, 5.74) is 3.43. The molecule has 0 amide bonds. The van der Waals surface area contributed by atoms with Gasteiger partial charge in [-0.05, 0) is 56.6 Å². The van der Waals surface area contributed by atoms with Crippen LogP contribution in [0.15, 0.2) is 30.6 Å². The lowest BCUT2D eigenvalue weighted by atomic mass is 9.89. The molecule has 1 aliphatic heterocycles. The van der Waals surface area contributed by atoms with E-state index in [0.29, 0.717) is 5.92 Å². The van der Waals surface area contributed by atoms with Crippen molar-refractivity contribution in [3.8, 4) is 0 Å². The molecule has 0 aliphatic carbocycles. The van der Waals surface area contributed by atoms with Gasteiger partial charge in [-0.3, -0.25) is 9.97 Å². The van der Waals surface area contributed by atoms with Gasteiger partial charge in [0.25, 0.3) is 0 Å². The van der Waals surface area contributed by atoms with Crippen molar-refractivity contribution in [2.45, 2.75) is 18.8 Å². The summed E-state index contributed by atoms with van der Waals surface area (Å²) in [5, 5.41) is 0. The predicted molar refractivity (Wildman–Crippen MR) is 69.0 cm³/mol. The van der Waals surface area contributed by atoms with Crippen LogP contribution in [0.5, 0.6) is 0 Å². The standard InChI is InChI=1S/C14H17N3/c1-17-8-4-11(5-9-17)12-2-3-13-14(10-12)16-7-6-15-13/h2-3,6-7,10-11H,4-5,8-9H2,1H3. The van der Waals surface area contributed by atoms with E-state index in [2.05, 4.69) is 40.1 Å². The first-order chi connectivity index (χ1) is 8.33. The molecule has 2 aromatic rings. The number of rotatable bonds is 1. The van der Waals surface area contributed by atoms with Crippen LogP contribution in [-0.2, 0) is 0 Å². The SMILES string of the molecule is CN1CCC(c2ccc3nccnc3c2)CC1. The summed E-state index contributed by atoms with van der Waals surface area (Å²) in [4.78, 5) is 11.1. The summed E-state index contributed by atoms with van der Waals surface area (Å²) < 4.78 is 0. The van der Waals surface area contributed by atoms with Crippen molar-refractivity contribution in [3.63, 3.8) is 0 Å².